The van der Waals surface area contributed by atoms with E-state index >= 15 is 0 Å². The van der Waals surface area contributed by atoms with Crippen molar-refractivity contribution in [1.82, 2.24) is 0 Å². The maximum atomic E-state index is 14.0. The maximum absolute atomic E-state index is 14.0. The zero-order valence-corrected chi connectivity index (χ0v) is 15.6. The van der Waals surface area contributed by atoms with Gasteiger partial charge in [-0.15, -0.1) is 0 Å². The molecule has 7 heteroatoms. The van der Waals surface area contributed by atoms with Gasteiger partial charge in [-0.05, 0) is 23.3 Å². The molecule has 0 aromatic heterocycles. The Morgan fingerprint density at radius 2 is 1.50 bits per heavy atom. The largest absolute Gasteiger partial charge is 0.494 e. The van der Waals surface area contributed by atoms with Crippen molar-refractivity contribution in [3.8, 4) is 11.5 Å². The molecule has 0 aliphatic heterocycles. The standard InChI is InChI=1S/C21H20F4O3/c1-12(11-28-17-10-9-16(27-6)20(24)21(17)25)7-8-13(2)14(3)18(22)19(23)15(4)26-5/h7-10H,1-4,11H2,5-6H3/b8-7-,19-18-. The predicted octanol–water partition coefficient (Wildman–Crippen LogP) is 5.89. The molecule has 1 aromatic carbocycles. The van der Waals surface area contributed by atoms with E-state index in [9.17, 15) is 17.6 Å². The summed E-state index contributed by atoms with van der Waals surface area (Å²) in [5.74, 6) is -5.99. The molecule has 0 bridgehead atoms. The molecule has 0 atom stereocenters. The molecule has 1 aromatic rings. The lowest BCUT2D eigenvalue weighted by Crippen LogP contribution is -2.03. The Kier molecular flexibility index (Phi) is 8.31. The van der Waals surface area contributed by atoms with Crippen LogP contribution in [-0.4, -0.2) is 20.8 Å². The molecule has 0 radical (unpaired) electrons. The van der Waals surface area contributed by atoms with Crippen LogP contribution in [0.5, 0.6) is 11.5 Å². The quantitative estimate of drug-likeness (QED) is 0.280. The smallest absolute Gasteiger partial charge is 0.204 e. The van der Waals surface area contributed by atoms with Gasteiger partial charge in [0.1, 0.15) is 12.4 Å². The van der Waals surface area contributed by atoms with E-state index in [0.717, 1.165) is 7.11 Å². The van der Waals surface area contributed by atoms with Gasteiger partial charge < -0.3 is 14.2 Å². The van der Waals surface area contributed by atoms with Gasteiger partial charge in [0.05, 0.1) is 14.2 Å². The topological polar surface area (TPSA) is 27.7 Å². The van der Waals surface area contributed by atoms with Gasteiger partial charge in [-0.2, -0.15) is 13.2 Å². The third kappa shape index (κ3) is 5.64. The van der Waals surface area contributed by atoms with Gasteiger partial charge in [0, 0.05) is 5.57 Å². The van der Waals surface area contributed by atoms with E-state index in [1.807, 2.05) is 0 Å². The molecule has 1 rings (SSSR count). The minimum atomic E-state index is -1.29. The summed E-state index contributed by atoms with van der Waals surface area (Å²) < 4.78 is 69.4. The van der Waals surface area contributed by atoms with Crippen molar-refractivity contribution in [2.45, 2.75) is 0 Å². The normalized spacial score (nSPS) is 11.6. The molecule has 0 saturated heterocycles. The van der Waals surface area contributed by atoms with E-state index in [0.29, 0.717) is 5.57 Å². The molecule has 0 aliphatic carbocycles. The first-order chi connectivity index (χ1) is 13.1. The zero-order chi connectivity index (χ0) is 21.4. The zero-order valence-electron chi connectivity index (χ0n) is 15.6. The summed E-state index contributed by atoms with van der Waals surface area (Å²) >= 11 is 0. The van der Waals surface area contributed by atoms with Crippen LogP contribution in [0.2, 0.25) is 0 Å². The highest BCUT2D eigenvalue weighted by Crippen LogP contribution is 2.28. The van der Waals surface area contributed by atoms with Crippen LogP contribution >= 0.6 is 0 Å². The summed E-state index contributed by atoms with van der Waals surface area (Å²) in [6, 6.07) is 2.43. The molecule has 0 heterocycles. The number of benzene rings is 1. The second-order valence-electron chi connectivity index (χ2n) is 5.43. The number of ether oxygens (including phenoxy) is 3. The lowest BCUT2D eigenvalue weighted by Gasteiger charge is -2.10. The summed E-state index contributed by atoms with van der Waals surface area (Å²) in [6.07, 6.45) is 2.71. The van der Waals surface area contributed by atoms with E-state index in [2.05, 4.69) is 35.8 Å². The summed E-state index contributed by atoms with van der Waals surface area (Å²) in [7, 11) is 2.36. The maximum Gasteiger partial charge on any atom is 0.204 e. The van der Waals surface area contributed by atoms with Crippen LogP contribution < -0.4 is 9.47 Å². The first-order valence-electron chi connectivity index (χ1n) is 7.81. The first kappa shape index (κ1) is 22.8. The highest BCUT2D eigenvalue weighted by Gasteiger charge is 2.16. The van der Waals surface area contributed by atoms with Crippen LogP contribution in [-0.2, 0) is 4.74 Å². The van der Waals surface area contributed by atoms with Crippen LogP contribution in [0.4, 0.5) is 17.6 Å². The molecule has 0 fully saturated rings. The fraction of sp³-hybridized carbons (Fsp3) is 0.143. The molecular formula is C21H20F4O3. The number of methoxy groups -OCH3 is 2. The number of allylic oxidation sites excluding steroid dienone is 5. The summed E-state index contributed by atoms with van der Waals surface area (Å²) in [6.45, 7) is 13.7. The van der Waals surface area contributed by atoms with Crippen molar-refractivity contribution >= 4 is 0 Å². The highest BCUT2D eigenvalue weighted by molar-refractivity contribution is 5.49. The predicted molar refractivity (Wildman–Crippen MR) is 100 cm³/mol. The fourth-order valence-electron chi connectivity index (χ4n) is 1.81. The summed E-state index contributed by atoms with van der Waals surface area (Å²) in [5.41, 5.74) is 0.0686. The molecule has 0 N–H and O–H groups in total. The number of halogens is 4. The first-order valence-corrected chi connectivity index (χ1v) is 7.81. The Hall–Kier alpha value is -3.22. The molecule has 0 aliphatic rings. The van der Waals surface area contributed by atoms with Gasteiger partial charge in [0.2, 0.25) is 17.5 Å². The average molecular weight is 396 g/mol. The van der Waals surface area contributed by atoms with Crippen molar-refractivity contribution in [2.24, 2.45) is 0 Å². The second kappa shape index (κ2) is 10.2. The summed E-state index contributed by atoms with van der Waals surface area (Å²) in [4.78, 5) is 0. The molecule has 0 amide bonds. The van der Waals surface area contributed by atoms with Gasteiger partial charge >= 0.3 is 0 Å². The van der Waals surface area contributed by atoms with Crippen LogP contribution in [0.15, 0.2) is 84.7 Å². The van der Waals surface area contributed by atoms with Crippen molar-refractivity contribution in [2.75, 3.05) is 20.8 Å². The van der Waals surface area contributed by atoms with Crippen LogP contribution in [0.25, 0.3) is 0 Å². The van der Waals surface area contributed by atoms with E-state index in [1.54, 1.807) is 0 Å². The Morgan fingerprint density at radius 3 is 2.07 bits per heavy atom. The molecule has 28 heavy (non-hydrogen) atoms. The van der Waals surface area contributed by atoms with E-state index in [-0.39, 0.29) is 29.3 Å². The highest BCUT2D eigenvalue weighted by atomic mass is 19.2. The van der Waals surface area contributed by atoms with E-state index < -0.39 is 29.0 Å². The average Bonchev–Trinajstić information content (AvgIpc) is 2.70. The Balaban J connectivity index is 2.74. The fourth-order valence-corrected chi connectivity index (χ4v) is 1.81. The van der Waals surface area contributed by atoms with E-state index in [4.69, 9.17) is 4.74 Å². The number of hydrogen-bond donors (Lipinski definition) is 0. The lowest BCUT2D eigenvalue weighted by atomic mass is 10.1. The summed E-state index contributed by atoms with van der Waals surface area (Å²) in [5, 5.41) is 0. The monoisotopic (exact) mass is 396 g/mol. The second-order valence-corrected chi connectivity index (χ2v) is 5.43. The van der Waals surface area contributed by atoms with Crippen molar-refractivity contribution in [3.63, 3.8) is 0 Å². The van der Waals surface area contributed by atoms with Crippen molar-refractivity contribution in [1.29, 1.82) is 0 Å². The van der Waals surface area contributed by atoms with Crippen molar-refractivity contribution in [3.05, 3.63) is 96.4 Å². The van der Waals surface area contributed by atoms with Gasteiger partial charge in [-0.1, -0.05) is 38.5 Å². The minimum absolute atomic E-state index is 0.0550. The molecular weight excluding hydrogens is 376 g/mol. The Bertz CT molecular complexity index is 867. The Morgan fingerprint density at radius 1 is 0.929 bits per heavy atom. The molecule has 0 unspecified atom stereocenters. The van der Waals surface area contributed by atoms with Crippen LogP contribution in [0.3, 0.4) is 0 Å². The number of rotatable bonds is 10. The van der Waals surface area contributed by atoms with Crippen molar-refractivity contribution < 1.29 is 31.8 Å². The van der Waals surface area contributed by atoms with Gasteiger partial charge in [0.25, 0.3) is 0 Å². The van der Waals surface area contributed by atoms with Gasteiger partial charge in [-0.25, -0.2) is 4.39 Å². The minimum Gasteiger partial charge on any atom is -0.494 e. The molecule has 150 valence electrons. The SMILES string of the molecule is C=C(/C=C\C(=C)C(=C)/C(F)=C(/F)C(=C)OC)COc1ccc(OC)c(F)c1F. The Labute approximate surface area is 161 Å². The third-order valence-corrected chi connectivity index (χ3v) is 3.50. The van der Waals surface area contributed by atoms with Crippen LogP contribution in [0.1, 0.15) is 0 Å². The lowest BCUT2D eigenvalue weighted by molar-refractivity contribution is 0.281. The van der Waals surface area contributed by atoms with Gasteiger partial charge in [-0.3, -0.25) is 0 Å². The third-order valence-electron chi connectivity index (χ3n) is 3.50. The van der Waals surface area contributed by atoms with Crippen LogP contribution in [0, 0.1) is 11.6 Å². The number of hydrogen-bond acceptors (Lipinski definition) is 3. The molecule has 0 spiro atoms. The molecule has 0 saturated carbocycles. The van der Waals surface area contributed by atoms with E-state index in [1.165, 1.54) is 31.4 Å². The van der Waals surface area contributed by atoms with Gasteiger partial charge in [0.15, 0.2) is 17.3 Å². The molecule has 3 nitrogen and oxygen atoms in total.